The Balaban J connectivity index is 1.87. The zero-order valence-electron chi connectivity index (χ0n) is 10.2. The Bertz CT molecular complexity index is 558. The van der Waals surface area contributed by atoms with Crippen molar-refractivity contribution < 1.29 is 19.2 Å². The first-order valence-corrected chi connectivity index (χ1v) is 5.90. The Kier molecular flexibility index (Phi) is 4.15. The fourth-order valence-corrected chi connectivity index (χ4v) is 1.69. The third-order valence-electron chi connectivity index (χ3n) is 2.64. The summed E-state index contributed by atoms with van der Waals surface area (Å²) in [5.41, 5.74) is 2.19. The zero-order valence-corrected chi connectivity index (χ0v) is 10.2. The molecule has 2 rings (SSSR count). The van der Waals surface area contributed by atoms with Crippen LogP contribution in [0.1, 0.15) is 23.4 Å². The van der Waals surface area contributed by atoms with Gasteiger partial charge in [-0.25, -0.2) is 5.48 Å². The highest BCUT2D eigenvalue weighted by Gasteiger charge is 2.11. The third-order valence-corrected chi connectivity index (χ3v) is 2.64. The van der Waals surface area contributed by atoms with E-state index in [9.17, 15) is 9.59 Å². The lowest BCUT2D eigenvalue weighted by Crippen LogP contribution is -2.26. The van der Waals surface area contributed by atoms with Crippen molar-refractivity contribution in [3.63, 3.8) is 0 Å². The van der Waals surface area contributed by atoms with Crippen LogP contribution in [0, 0.1) is 0 Å². The van der Waals surface area contributed by atoms with Crippen LogP contribution >= 0.6 is 0 Å². The number of amides is 2. The predicted octanol–water partition coefficient (Wildman–Crippen LogP) is 1.45. The van der Waals surface area contributed by atoms with Crippen molar-refractivity contribution >= 4 is 22.8 Å². The van der Waals surface area contributed by atoms with Gasteiger partial charge in [-0.15, -0.1) is 0 Å². The summed E-state index contributed by atoms with van der Waals surface area (Å²) < 4.78 is 5.40. The summed E-state index contributed by atoms with van der Waals surface area (Å²) in [5, 5.41) is 11.8. The van der Waals surface area contributed by atoms with Gasteiger partial charge in [-0.2, -0.15) is 0 Å². The minimum atomic E-state index is -0.474. The molecule has 0 atom stereocenters. The van der Waals surface area contributed by atoms with Gasteiger partial charge in [0.15, 0.2) is 5.76 Å². The first kappa shape index (κ1) is 13.1. The second kappa shape index (κ2) is 6.01. The fourth-order valence-electron chi connectivity index (χ4n) is 1.69. The van der Waals surface area contributed by atoms with E-state index in [1.807, 2.05) is 18.2 Å². The van der Waals surface area contributed by atoms with Crippen molar-refractivity contribution in [3.05, 3.63) is 36.1 Å². The van der Waals surface area contributed by atoms with Crippen LogP contribution < -0.4 is 10.8 Å². The van der Waals surface area contributed by atoms with Crippen LogP contribution in [0.2, 0.25) is 0 Å². The van der Waals surface area contributed by atoms with E-state index >= 15 is 0 Å². The second-order valence-corrected chi connectivity index (χ2v) is 4.04. The van der Waals surface area contributed by atoms with Gasteiger partial charge in [0.05, 0.1) is 0 Å². The molecule has 3 N–H and O–H groups in total. The number of carbonyl (C=O) groups excluding carboxylic acids is 2. The second-order valence-electron chi connectivity index (χ2n) is 4.04. The van der Waals surface area contributed by atoms with Gasteiger partial charge >= 0.3 is 0 Å². The van der Waals surface area contributed by atoms with E-state index in [1.54, 1.807) is 12.1 Å². The van der Waals surface area contributed by atoms with Crippen LogP contribution in [0.25, 0.3) is 11.0 Å². The molecule has 0 aliphatic carbocycles. The number of nitrogens with one attached hydrogen (secondary N) is 2. The Morgan fingerprint density at radius 3 is 2.79 bits per heavy atom. The van der Waals surface area contributed by atoms with Gasteiger partial charge in [0.1, 0.15) is 5.58 Å². The van der Waals surface area contributed by atoms with Gasteiger partial charge in [0.25, 0.3) is 5.91 Å². The topological polar surface area (TPSA) is 91.6 Å². The van der Waals surface area contributed by atoms with Crippen LogP contribution in [0.3, 0.4) is 0 Å². The summed E-state index contributed by atoms with van der Waals surface area (Å²) in [6.07, 6.45) is 0.593. The van der Waals surface area contributed by atoms with Gasteiger partial charge in [-0.3, -0.25) is 14.8 Å². The smallest absolute Gasteiger partial charge is 0.287 e. The molecule has 100 valence electrons. The molecule has 1 heterocycles. The number of hydrogen-bond donors (Lipinski definition) is 3. The molecule has 0 aliphatic heterocycles. The van der Waals surface area contributed by atoms with Gasteiger partial charge in [-0.05, 0) is 18.6 Å². The average Bonchev–Trinajstić information content (AvgIpc) is 2.87. The largest absolute Gasteiger partial charge is 0.451 e. The molecule has 1 aromatic carbocycles. The van der Waals surface area contributed by atoms with Crippen molar-refractivity contribution in [1.29, 1.82) is 0 Å². The Morgan fingerprint density at radius 2 is 2.05 bits per heavy atom. The molecule has 0 saturated heterocycles. The van der Waals surface area contributed by atoms with E-state index in [-0.39, 0.29) is 18.1 Å². The molecule has 1 aromatic heterocycles. The van der Waals surface area contributed by atoms with Gasteiger partial charge < -0.3 is 9.73 Å². The molecular formula is C13H14N2O4. The van der Waals surface area contributed by atoms with Crippen LogP contribution in [-0.4, -0.2) is 23.6 Å². The molecule has 0 radical (unpaired) electrons. The van der Waals surface area contributed by atoms with E-state index < -0.39 is 5.91 Å². The van der Waals surface area contributed by atoms with E-state index in [0.29, 0.717) is 18.5 Å². The molecule has 6 heteroatoms. The Morgan fingerprint density at radius 1 is 1.26 bits per heavy atom. The van der Waals surface area contributed by atoms with Crippen molar-refractivity contribution in [2.75, 3.05) is 6.54 Å². The Labute approximate surface area is 109 Å². The van der Waals surface area contributed by atoms with Crippen LogP contribution in [0.5, 0.6) is 0 Å². The van der Waals surface area contributed by atoms with Crippen LogP contribution in [0.4, 0.5) is 0 Å². The SMILES string of the molecule is O=C(CCCNC(=O)c1cc2ccccc2o1)NO. The fraction of sp³-hybridized carbons (Fsp3) is 0.231. The highest BCUT2D eigenvalue weighted by atomic mass is 16.5. The molecule has 0 unspecified atom stereocenters. The molecule has 19 heavy (non-hydrogen) atoms. The molecule has 0 aliphatic rings. The first-order valence-electron chi connectivity index (χ1n) is 5.90. The van der Waals surface area contributed by atoms with Crippen molar-refractivity contribution in [2.24, 2.45) is 0 Å². The van der Waals surface area contributed by atoms with Crippen LogP contribution in [-0.2, 0) is 4.79 Å². The standard InChI is InChI=1S/C13H14N2O4/c16-12(15-18)6-3-7-14-13(17)11-8-9-4-1-2-5-10(9)19-11/h1-2,4-5,8,18H,3,6-7H2,(H,14,17)(H,15,16). The first-order chi connectivity index (χ1) is 9.20. The number of hydrogen-bond acceptors (Lipinski definition) is 4. The lowest BCUT2D eigenvalue weighted by molar-refractivity contribution is -0.129. The molecule has 0 saturated carbocycles. The molecule has 6 nitrogen and oxygen atoms in total. The molecule has 2 amide bonds. The summed E-state index contributed by atoms with van der Waals surface area (Å²) in [7, 11) is 0. The zero-order chi connectivity index (χ0) is 13.7. The summed E-state index contributed by atoms with van der Waals surface area (Å²) in [4.78, 5) is 22.5. The molecule has 2 aromatic rings. The highest BCUT2D eigenvalue weighted by Crippen LogP contribution is 2.18. The highest BCUT2D eigenvalue weighted by molar-refractivity contribution is 5.96. The van der Waals surface area contributed by atoms with Gasteiger partial charge in [0.2, 0.25) is 5.91 Å². The summed E-state index contributed by atoms with van der Waals surface area (Å²) in [5.74, 6) is -0.550. The maximum atomic E-state index is 11.8. The van der Waals surface area contributed by atoms with E-state index in [2.05, 4.69) is 5.32 Å². The lowest BCUT2D eigenvalue weighted by atomic mass is 10.2. The van der Waals surface area contributed by atoms with Crippen molar-refractivity contribution in [2.45, 2.75) is 12.8 Å². The number of fused-ring (bicyclic) bond motifs is 1. The summed E-state index contributed by atoms with van der Waals surface area (Å²) in [6.45, 7) is 0.337. The molecule has 0 fully saturated rings. The maximum absolute atomic E-state index is 11.8. The minimum Gasteiger partial charge on any atom is -0.451 e. The normalized spacial score (nSPS) is 10.4. The lowest BCUT2D eigenvalue weighted by Gasteiger charge is -2.01. The molecule has 0 bridgehead atoms. The number of benzene rings is 1. The third kappa shape index (κ3) is 3.32. The summed E-state index contributed by atoms with van der Waals surface area (Å²) >= 11 is 0. The van der Waals surface area contributed by atoms with Crippen molar-refractivity contribution in [3.8, 4) is 0 Å². The van der Waals surface area contributed by atoms with Gasteiger partial charge in [-0.1, -0.05) is 18.2 Å². The summed E-state index contributed by atoms with van der Waals surface area (Å²) in [6, 6.07) is 9.03. The van der Waals surface area contributed by atoms with Crippen LogP contribution in [0.15, 0.2) is 34.7 Å². The number of para-hydroxylation sites is 1. The monoisotopic (exact) mass is 262 g/mol. The number of hydroxylamine groups is 1. The van der Waals surface area contributed by atoms with E-state index in [1.165, 1.54) is 5.48 Å². The minimum absolute atomic E-state index is 0.150. The average molecular weight is 262 g/mol. The Hall–Kier alpha value is -2.34. The number of furan rings is 1. The van der Waals surface area contributed by atoms with E-state index in [0.717, 1.165) is 5.39 Å². The van der Waals surface area contributed by atoms with Crippen molar-refractivity contribution in [1.82, 2.24) is 10.8 Å². The maximum Gasteiger partial charge on any atom is 0.287 e. The number of carbonyl (C=O) groups is 2. The number of rotatable bonds is 5. The predicted molar refractivity (Wildman–Crippen MR) is 67.7 cm³/mol. The molecule has 0 spiro atoms. The quantitative estimate of drug-likeness (QED) is 0.432. The van der Waals surface area contributed by atoms with E-state index in [4.69, 9.17) is 9.62 Å². The van der Waals surface area contributed by atoms with Gasteiger partial charge in [0, 0.05) is 18.4 Å². The molecular weight excluding hydrogens is 248 g/mol.